The number of aromatic hydroxyl groups is 1. The molecule has 0 bridgehead atoms. The minimum Gasteiger partial charge on any atom is -0.507 e. The fourth-order valence-corrected chi connectivity index (χ4v) is 3.98. The number of rotatable bonds is 4. The quantitative estimate of drug-likeness (QED) is 0.778. The molecule has 0 aromatic heterocycles. The van der Waals surface area contributed by atoms with E-state index in [0.29, 0.717) is 0 Å². The summed E-state index contributed by atoms with van der Waals surface area (Å²) in [5.74, 6) is -0.235. The molecule has 3 aromatic carbocycles. The Hall–Kier alpha value is -2.59. The SMILES string of the molecule is Cc1ccccc1Cc1ccc(S(=O)(=O)c2ccccc2O)cc1. The largest absolute Gasteiger partial charge is 0.507 e. The lowest BCUT2D eigenvalue weighted by molar-refractivity contribution is 0.459. The molecule has 0 aliphatic heterocycles. The zero-order valence-corrected chi connectivity index (χ0v) is 14.1. The first-order valence-corrected chi connectivity index (χ1v) is 9.13. The molecule has 0 saturated heterocycles. The monoisotopic (exact) mass is 338 g/mol. The van der Waals surface area contributed by atoms with E-state index in [0.717, 1.165) is 12.0 Å². The number of hydrogen-bond donors (Lipinski definition) is 1. The van der Waals surface area contributed by atoms with Crippen LogP contribution in [0.3, 0.4) is 0 Å². The Morgan fingerprint density at radius 2 is 1.46 bits per heavy atom. The lowest BCUT2D eigenvalue weighted by atomic mass is 10.0. The zero-order valence-electron chi connectivity index (χ0n) is 13.3. The molecule has 0 heterocycles. The minimum atomic E-state index is -3.72. The van der Waals surface area contributed by atoms with E-state index in [1.807, 2.05) is 24.3 Å². The summed E-state index contributed by atoms with van der Waals surface area (Å²) in [5, 5.41) is 9.81. The van der Waals surface area contributed by atoms with Crippen LogP contribution in [-0.4, -0.2) is 13.5 Å². The van der Waals surface area contributed by atoms with Crippen LogP contribution in [-0.2, 0) is 16.3 Å². The molecule has 0 radical (unpaired) electrons. The van der Waals surface area contributed by atoms with Crippen molar-refractivity contribution in [2.75, 3.05) is 0 Å². The van der Waals surface area contributed by atoms with Crippen molar-refractivity contribution in [2.45, 2.75) is 23.1 Å². The third-order valence-corrected chi connectivity index (χ3v) is 5.86. The van der Waals surface area contributed by atoms with Crippen molar-refractivity contribution in [2.24, 2.45) is 0 Å². The second-order valence-corrected chi connectivity index (χ2v) is 7.64. The predicted molar refractivity (Wildman–Crippen MR) is 94.0 cm³/mol. The average Bonchev–Trinajstić information content (AvgIpc) is 2.58. The molecule has 24 heavy (non-hydrogen) atoms. The van der Waals surface area contributed by atoms with E-state index < -0.39 is 9.84 Å². The molecule has 3 nitrogen and oxygen atoms in total. The smallest absolute Gasteiger partial charge is 0.210 e. The van der Waals surface area contributed by atoms with Crippen LogP contribution in [0, 0.1) is 6.92 Å². The van der Waals surface area contributed by atoms with Gasteiger partial charge in [0.2, 0.25) is 9.84 Å². The van der Waals surface area contributed by atoms with E-state index in [4.69, 9.17) is 0 Å². The maximum absolute atomic E-state index is 12.6. The van der Waals surface area contributed by atoms with E-state index >= 15 is 0 Å². The Bertz CT molecular complexity index is 958. The summed E-state index contributed by atoms with van der Waals surface area (Å²) in [4.78, 5) is 0.106. The molecule has 0 aliphatic rings. The van der Waals surface area contributed by atoms with Crippen molar-refractivity contribution >= 4 is 9.84 Å². The number of hydrogen-bond acceptors (Lipinski definition) is 3. The Morgan fingerprint density at radius 3 is 2.12 bits per heavy atom. The highest BCUT2D eigenvalue weighted by atomic mass is 32.2. The van der Waals surface area contributed by atoms with Gasteiger partial charge in [-0.1, -0.05) is 48.5 Å². The minimum absolute atomic E-state index is 0.0725. The van der Waals surface area contributed by atoms with E-state index in [9.17, 15) is 13.5 Å². The second kappa shape index (κ2) is 6.49. The Morgan fingerprint density at radius 1 is 0.833 bits per heavy atom. The zero-order chi connectivity index (χ0) is 17.2. The second-order valence-electron chi connectivity index (χ2n) is 5.72. The first-order chi connectivity index (χ1) is 11.5. The molecule has 0 amide bonds. The van der Waals surface area contributed by atoms with Gasteiger partial charge in [0.1, 0.15) is 10.6 Å². The maximum Gasteiger partial charge on any atom is 0.210 e. The molecular formula is C20H18O3S. The Kier molecular flexibility index (Phi) is 4.40. The van der Waals surface area contributed by atoms with E-state index in [1.165, 1.54) is 23.3 Å². The highest BCUT2D eigenvalue weighted by Gasteiger charge is 2.20. The van der Waals surface area contributed by atoms with Gasteiger partial charge in [-0.15, -0.1) is 0 Å². The summed E-state index contributed by atoms with van der Waals surface area (Å²) in [6.45, 7) is 2.06. The van der Waals surface area contributed by atoms with Crippen molar-refractivity contribution in [3.8, 4) is 5.75 Å². The van der Waals surface area contributed by atoms with Crippen LogP contribution >= 0.6 is 0 Å². The summed E-state index contributed by atoms with van der Waals surface area (Å²) in [5.41, 5.74) is 3.47. The number of phenols is 1. The summed E-state index contributed by atoms with van der Waals surface area (Å²) in [6, 6.07) is 20.9. The number of para-hydroxylation sites is 1. The van der Waals surface area contributed by atoms with Crippen LogP contribution in [0.5, 0.6) is 5.75 Å². The van der Waals surface area contributed by atoms with E-state index in [1.54, 1.807) is 24.3 Å². The van der Waals surface area contributed by atoms with Crippen LogP contribution in [0.25, 0.3) is 0 Å². The molecule has 3 aromatic rings. The lowest BCUT2D eigenvalue weighted by Crippen LogP contribution is -2.02. The molecule has 3 rings (SSSR count). The normalized spacial score (nSPS) is 11.4. The molecule has 1 N–H and O–H groups in total. The summed E-state index contributed by atoms with van der Waals surface area (Å²) < 4.78 is 25.2. The number of sulfone groups is 1. The molecule has 0 aliphatic carbocycles. The third kappa shape index (κ3) is 3.19. The number of phenolic OH excluding ortho intramolecular Hbond substituents is 1. The van der Waals surface area contributed by atoms with Crippen LogP contribution in [0.15, 0.2) is 82.6 Å². The molecule has 0 unspecified atom stereocenters. The summed E-state index contributed by atoms with van der Waals surface area (Å²) in [6.07, 6.45) is 0.754. The highest BCUT2D eigenvalue weighted by Crippen LogP contribution is 2.28. The Labute approximate surface area is 142 Å². The highest BCUT2D eigenvalue weighted by molar-refractivity contribution is 7.91. The van der Waals surface area contributed by atoms with Crippen LogP contribution < -0.4 is 0 Å². The van der Waals surface area contributed by atoms with E-state index in [2.05, 4.69) is 19.1 Å². The first kappa shape index (κ1) is 16.3. The summed E-state index contributed by atoms with van der Waals surface area (Å²) in [7, 11) is -3.72. The molecule has 0 saturated carbocycles. The molecular weight excluding hydrogens is 320 g/mol. The van der Waals surface area contributed by atoms with Crippen LogP contribution in [0.1, 0.15) is 16.7 Å². The fraction of sp³-hybridized carbons (Fsp3) is 0.100. The van der Waals surface area contributed by atoms with Gasteiger partial charge in [-0.05, 0) is 54.3 Å². The topological polar surface area (TPSA) is 54.4 Å². The molecule has 0 atom stereocenters. The van der Waals surface area contributed by atoms with Gasteiger partial charge in [0, 0.05) is 0 Å². The lowest BCUT2D eigenvalue weighted by Gasteiger charge is -2.09. The van der Waals surface area contributed by atoms with Gasteiger partial charge >= 0.3 is 0 Å². The predicted octanol–water partition coefficient (Wildman–Crippen LogP) is 4.12. The van der Waals surface area contributed by atoms with E-state index in [-0.39, 0.29) is 15.5 Å². The van der Waals surface area contributed by atoms with Crippen molar-refractivity contribution in [3.63, 3.8) is 0 Å². The van der Waals surface area contributed by atoms with Crippen molar-refractivity contribution in [1.29, 1.82) is 0 Å². The first-order valence-electron chi connectivity index (χ1n) is 7.65. The van der Waals surface area contributed by atoms with Gasteiger partial charge in [0.05, 0.1) is 4.90 Å². The van der Waals surface area contributed by atoms with Crippen molar-refractivity contribution in [1.82, 2.24) is 0 Å². The standard InChI is InChI=1S/C20H18O3S/c1-15-6-2-3-7-17(15)14-16-10-12-18(13-11-16)24(22,23)20-9-5-4-8-19(20)21/h2-13,21H,14H2,1H3. The van der Waals surface area contributed by atoms with Crippen LogP contribution in [0.4, 0.5) is 0 Å². The third-order valence-electron chi connectivity index (χ3n) is 4.04. The fourth-order valence-electron chi connectivity index (χ4n) is 2.63. The van der Waals surface area contributed by atoms with Gasteiger partial charge in [-0.25, -0.2) is 8.42 Å². The molecule has 122 valence electrons. The van der Waals surface area contributed by atoms with Gasteiger partial charge in [-0.2, -0.15) is 0 Å². The van der Waals surface area contributed by atoms with Crippen LogP contribution in [0.2, 0.25) is 0 Å². The number of aryl methyl sites for hydroxylation is 1. The van der Waals surface area contributed by atoms with Crippen molar-refractivity contribution in [3.05, 3.63) is 89.5 Å². The summed E-state index contributed by atoms with van der Waals surface area (Å²) >= 11 is 0. The molecule has 4 heteroatoms. The average molecular weight is 338 g/mol. The van der Waals surface area contributed by atoms with Gasteiger partial charge in [0.25, 0.3) is 0 Å². The van der Waals surface area contributed by atoms with Gasteiger partial charge in [0.15, 0.2) is 0 Å². The molecule has 0 spiro atoms. The van der Waals surface area contributed by atoms with Gasteiger partial charge in [-0.3, -0.25) is 0 Å². The maximum atomic E-state index is 12.6. The van der Waals surface area contributed by atoms with Crippen molar-refractivity contribution < 1.29 is 13.5 Å². The Balaban J connectivity index is 1.90. The van der Waals surface area contributed by atoms with Gasteiger partial charge < -0.3 is 5.11 Å². The molecule has 0 fully saturated rings. The number of benzene rings is 3.